The van der Waals surface area contributed by atoms with Crippen molar-refractivity contribution in [1.82, 2.24) is 15.5 Å². The predicted octanol–water partition coefficient (Wildman–Crippen LogP) is 3.88. The third-order valence-electron chi connectivity index (χ3n) is 5.50. The first-order chi connectivity index (χ1) is 13.1. The first-order valence-electron chi connectivity index (χ1n) is 9.92. The maximum Gasteiger partial charge on any atom is 0.251 e. The molecule has 154 valence electrons. The summed E-state index contributed by atoms with van der Waals surface area (Å²) in [6, 6.07) is 5.72. The molecule has 5 nitrogen and oxygen atoms in total. The summed E-state index contributed by atoms with van der Waals surface area (Å²) in [5.41, 5.74) is 0.277. The number of hydrogen-bond acceptors (Lipinski definition) is 3. The molecule has 2 amide bonds. The molecule has 0 radical (unpaired) electrons. The maximum atomic E-state index is 12.4. The van der Waals surface area contributed by atoms with E-state index in [2.05, 4.69) is 15.5 Å². The Morgan fingerprint density at radius 1 is 1.07 bits per heavy atom. The fraction of sp³-hybridized carbons (Fsp3) is 0.619. The summed E-state index contributed by atoms with van der Waals surface area (Å²) in [6.07, 6.45) is 4.27. The lowest BCUT2D eigenvalue weighted by Crippen LogP contribution is -2.52. The van der Waals surface area contributed by atoms with Gasteiger partial charge in [-0.05, 0) is 70.6 Å². The molecular weight excluding hydrogens is 397 g/mol. The van der Waals surface area contributed by atoms with Crippen LogP contribution in [0, 0.1) is 5.92 Å². The zero-order valence-electron chi connectivity index (χ0n) is 16.7. The lowest BCUT2D eigenvalue weighted by molar-refractivity contribution is -0.125. The van der Waals surface area contributed by atoms with Crippen LogP contribution in [0.15, 0.2) is 18.2 Å². The minimum atomic E-state index is -0.206. The lowest BCUT2D eigenvalue weighted by atomic mass is 9.90. The molecule has 7 heteroatoms. The number of nitrogens with zero attached hydrogens (tertiary/aromatic N) is 1. The van der Waals surface area contributed by atoms with E-state index in [1.807, 2.05) is 20.8 Å². The lowest BCUT2D eigenvalue weighted by Gasteiger charge is -2.39. The van der Waals surface area contributed by atoms with Crippen molar-refractivity contribution >= 4 is 35.0 Å². The molecule has 28 heavy (non-hydrogen) atoms. The van der Waals surface area contributed by atoms with Gasteiger partial charge in [0.15, 0.2) is 0 Å². The number of rotatable bonds is 5. The standard InChI is InChI=1S/C21H29Cl2N3O2/c1-21(2,3)25-19(27)12-26-17-4-5-18(26)7-13(6-17)11-24-20(28)14-8-15(22)10-16(23)9-14/h8-10,13,17-18H,4-7,11-12H2,1-3H3,(H,24,28)(H,25,27)/t13-,17+,18-. The molecule has 0 saturated carbocycles. The molecule has 3 atom stereocenters. The second kappa shape index (κ2) is 8.60. The van der Waals surface area contributed by atoms with Crippen LogP contribution in [0.4, 0.5) is 0 Å². The second-order valence-corrected chi connectivity index (χ2v) is 9.93. The van der Waals surface area contributed by atoms with Crippen LogP contribution in [0.3, 0.4) is 0 Å². The largest absolute Gasteiger partial charge is 0.352 e. The number of fused-ring (bicyclic) bond motifs is 2. The number of halogens is 2. The van der Waals surface area contributed by atoms with Crippen molar-refractivity contribution in [3.63, 3.8) is 0 Å². The van der Waals surface area contributed by atoms with Gasteiger partial charge in [-0.25, -0.2) is 0 Å². The van der Waals surface area contributed by atoms with E-state index in [1.165, 1.54) is 0 Å². The van der Waals surface area contributed by atoms with E-state index in [0.29, 0.717) is 46.7 Å². The Kier molecular flexibility index (Phi) is 6.58. The average molecular weight is 426 g/mol. The van der Waals surface area contributed by atoms with Gasteiger partial charge in [0.25, 0.3) is 5.91 Å². The molecule has 2 saturated heterocycles. The topological polar surface area (TPSA) is 61.4 Å². The summed E-state index contributed by atoms with van der Waals surface area (Å²) >= 11 is 12.0. The Labute approximate surface area is 177 Å². The normalized spacial score (nSPS) is 24.8. The monoisotopic (exact) mass is 425 g/mol. The smallest absolute Gasteiger partial charge is 0.251 e. The van der Waals surface area contributed by atoms with Gasteiger partial charge in [0.1, 0.15) is 0 Å². The van der Waals surface area contributed by atoms with Gasteiger partial charge in [0.05, 0.1) is 6.54 Å². The van der Waals surface area contributed by atoms with Crippen LogP contribution in [0.2, 0.25) is 10.0 Å². The fourth-order valence-corrected chi connectivity index (χ4v) is 4.99. The summed E-state index contributed by atoms with van der Waals surface area (Å²) in [6.45, 7) is 7.11. The Bertz CT molecular complexity index is 713. The molecule has 0 aliphatic carbocycles. The summed E-state index contributed by atoms with van der Waals surface area (Å²) in [5, 5.41) is 6.99. The minimum absolute atomic E-state index is 0.0917. The summed E-state index contributed by atoms with van der Waals surface area (Å²) < 4.78 is 0. The van der Waals surface area contributed by atoms with Gasteiger partial charge in [-0.2, -0.15) is 0 Å². The first kappa shape index (κ1) is 21.4. The molecular formula is C21H29Cl2N3O2. The molecule has 3 rings (SSSR count). The highest BCUT2D eigenvalue weighted by molar-refractivity contribution is 6.35. The minimum Gasteiger partial charge on any atom is -0.352 e. The van der Waals surface area contributed by atoms with Gasteiger partial charge >= 0.3 is 0 Å². The molecule has 0 aromatic heterocycles. The molecule has 2 aliphatic heterocycles. The molecule has 2 heterocycles. The highest BCUT2D eigenvalue weighted by atomic mass is 35.5. The zero-order chi connectivity index (χ0) is 20.5. The molecule has 1 aromatic rings. The third kappa shape index (κ3) is 5.62. The summed E-state index contributed by atoms with van der Waals surface area (Å²) in [4.78, 5) is 27.1. The van der Waals surface area contributed by atoms with Crippen molar-refractivity contribution in [2.24, 2.45) is 5.92 Å². The highest BCUT2D eigenvalue weighted by Crippen LogP contribution is 2.38. The predicted molar refractivity (Wildman–Crippen MR) is 113 cm³/mol. The number of nitrogens with one attached hydrogen (secondary N) is 2. The van der Waals surface area contributed by atoms with Crippen molar-refractivity contribution in [3.8, 4) is 0 Å². The molecule has 0 spiro atoms. The fourth-order valence-electron chi connectivity index (χ4n) is 4.46. The van der Waals surface area contributed by atoms with Crippen LogP contribution in [0.25, 0.3) is 0 Å². The van der Waals surface area contributed by atoms with E-state index >= 15 is 0 Å². The van der Waals surface area contributed by atoms with E-state index in [4.69, 9.17) is 23.2 Å². The van der Waals surface area contributed by atoms with Crippen LogP contribution < -0.4 is 10.6 Å². The van der Waals surface area contributed by atoms with E-state index in [0.717, 1.165) is 25.7 Å². The Morgan fingerprint density at radius 2 is 1.64 bits per heavy atom. The number of amides is 2. The van der Waals surface area contributed by atoms with Crippen LogP contribution in [0.5, 0.6) is 0 Å². The van der Waals surface area contributed by atoms with Crippen molar-refractivity contribution in [2.45, 2.75) is 64.1 Å². The van der Waals surface area contributed by atoms with Crippen molar-refractivity contribution in [3.05, 3.63) is 33.8 Å². The number of benzene rings is 1. The second-order valence-electron chi connectivity index (χ2n) is 9.06. The molecule has 1 aromatic carbocycles. The molecule has 0 unspecified atom stereocenters. The summed E-state index contributed by atoms with van der Waals surface area (Å²) in [7, 11) is 0. The SMILES string of the molecule is CC(C)(C)NC(=O)CN1[C@@H]2CC[C@H]1C[C@@H](CNC(=O)c1cc(Cl)cc(Cl)c1)C2. The maximum absolute atomic E-state index is 12.4. The van der Waals surface area contributed by atoms with E-state index in [1.54, 1.807) is 18.2 Å². The van der Waals surface area contributed by atoms with Gasteiger partial charge in [-0.3, -0.25) is 14.5 Å². The van der Waals surface area contributed by atoms with Gasteiger partial charge < -0.3 is 10.6 Å². The van der Waals surface area contributed by atoms with Crippen LogP contribution in [0.1, 0.15) is 56.8 Å². The van der Waals surface area contributed by atoms with E-state index in [-0.39, 0.29) is 17.4 Å². The highest BCUT2D eigenvalue weighted by Gasteiger charge is 2.41. The van der Waals surface area contributed by atoms with E-state index < -0.39 is 0 Å². The molecule has 2 aliphatic rings. The first-order valence-corrected chi connectivity index (χ1v) is 10.7. The number of carbonyl (C=O) groups excluding carboxylic acids is 2. The van der Waals surface area contributed by atoms with E-state index in [9.17, 15) is 9.59 Å². The van der Waals surface area contributed by atoms with Gasteiger partial charge in [-0.15, -0.1) is 0 Å². The van der Waals surface area contributed by atoms with Gasteiger partial charge in [0, 0.05) is 39.8 Å². The van der Waals surface area contributed by atoms with Gasteiger partial charge in [0.2, 0.25) is 5.91 Å². The van der Waals surface area contributed by atoms with Crippen molar-refractivity contribution in [2.75, 3.05) is 13.1 Å². The van der Waals surface area contributed by atoms with Crippen LogP contribution in [-0.2, 0) is 4.79 Å². The summed E-state index contributed by atoms with van der Waals surface area (Å²) in [5.74, 6) is 0.371. The zero-order valence-corrected chi connectivity index (χ0v) is 18.2. The molecule has 2 bridgehead atoms. The van der Waals surface area contributed by atoms with Crippen molar-refractivity contribution < 1.29 is 9.59 Å². The number of piperidine rings is 1. The van der Waals surface area contributed by atoms with Crippen LogP contribution >= 0.6 is 23.2 Å². The molecule has 2 N–H and O–H groups in total. The van der Waals surface area contributed by atoms with Crippen molar-refractivity contribution in [1.29, 1.82) is 0 Å². The number of hydrogen-bond donors (Lipinski definition) is 2. The molecule has 2 fully saturated rings. The quantitative estimate of drug-likeness (QED) is 0.751. The third-order valence-corrected chi connectivity index (χ3v) is 5.94. The Hall–Kier alpha value is -1.30. The average Bonchev–Trinajstić information content (AvgIpc) is 2.79. The van der Waals surface area contributed by atoms with Gasteiger partial charge in [-0.1, -0.05) is 23.2 Å². The Balaban J connectivity index is 1.51. The number of carbonyl (C=O) groups is 2. The van der Waals surface area contributed by atoms with Crippen LogP contribution in [-0.4, -0.2) is 47.4 Å². The Morgan fingerprint density at radius 3 is 2.18 bits per heavy atom.